The molecule has 1 heterocycles. The Kier molecular flexibility index (Phi) is 2.82. The van der Waals surface area contributed by atoms with E-state index >= 15 is 0 Å². The fraction of sp³-hybridized carbons (Fsp3) is 0.0714. The third-order valence-electron chi connectivity index (χ3n) is 3.22. The van der Waals surface area contributed by atoms with E-state index in [0.29, 0.717) is 11.4 Å². The summed E-state index contributed by atoms with van der Waals surface area (Å²) in [5.41, 5.74) is 2.24. The van der Waals surface area contributed by atoms with Gasteiger partial charge in [-0.15, -0.1) is 0 Å². The molecule has 0 aliphatic rings. The first-order chi connectivity index (χ1) is 9.18. The number of imidazole rings is 1. The molecule has 2 aromatic carbocycles. The predicted molar refractivity (Wildman–Crippen MR) is 73.8 cm³/mol. The van der Waals surface area contributed by atoms with E-state index in [2.05, 4.69) is 4.98 Å². The molecule has 0 saturated carbocycles. The topological polar surface area (TPSA) is 17.8 Å². The molecule has 3 aromatic rings. The van der Waals surface area contributed by atoms with Crippen molar-refractivity contribution in [1.82, 2.24) is 9.55 Å². The SMILES string of the molecule is Cn1c(-c2ccccc2B(F)F)nc2ccccc21. The summed E-state index contributed by atoms with van der Waals surface area (Å²) in [6, 6.07) is 14.1. The van der Waals surface area contributed by atoms with Crippen LogP contribution in [0.3, 0.4) is 0 Å². The van der Waals surface area contributed by atoms with Crippen LogP contribution in [0.5, 0.6) is 0 Å². The highest BCUT2D eigenvalue weighted by molar-refractivity contribution is 6.61. The van der Waals surface area contributed by atoms with Crippen molar-refractivity contribution >= 4 is 23.8 Å². The van der Waals surface area contributed by atoms with Gasteiger partial charge in [-0.05, 0) is 12.1 Å². The molecule has 0 spiro atoms. The first kappa shape index (κ1) is 11.9. The molecule has 19 heavy (non-hydrogen) atoms. The van der Waals surface area contributed by atoms with Crippen LogP contribution >= 0.6 is 0 Å². The Morgan fingerprint density at radius 3 is 2.42 bits per heavy atom. The average Bonchev–Trinajstić information content (AvgIpc) is 2.76. The van der Waals surface area contributed by atoms with Crippen LogP contribution < -0.4 is 5.46 Å². The minimum Gasteiger partial charge on any atom is -0.327 e. The van der Waals surface area contributed by atoms with Crippen LogP contribution in [-0.4, -0.2) is 16.8 Å². The molecule has 0 saturated heterocycles. The molecule has 0 bridgehead atoms. The molecule has 0 unspecified atom stereocenters. The van der Waals surface area contributed by atoms with Crippen LogP contribution in [0.15, 0.2) is 48.5 Å². The molecule has 0 fully saturated rings. The standard InChI is InChI=1S/C14H11BF2N2/c1-19-13-9-5-4-8-12(13)18-14(19)10-6-2-3-7-11(10)15(16)17/h2-9H,1H3. The van der Waals surface area contributed by atoms with Crippen molar-refractivity contribution in [2.45, 2.75) is 0 Å². The van der Waals surface area contributed by atoms with Gasteiger partial charge in [0.15, 0.2) is 0 Å². The predicted octanol–water partition coefficient (Wildman–Crippen LogP) is 2.87. The average molecular weight is 256 g/mol. The van der Waals surface area contributed by atoms with Gasteiger partial charge >= 0.3 is 7.27 Å². The van der Waals surface area contributed by atoms with Crippen molar-refractivity contribution in [3.05, 3.63) is 48.5 Å². The molecular weight excluding hydrogens is 245 g/mol. The maximum atomic E-state index is 13.1. The second-order valence-corrected chi connectivity index (χ2v) is 4.37. The van der Waals surface area contributed by atoms with E-state index in [4.69, 9.17) is 0 Å². The molecular formula is C14H11BF2N2. The second-order valence-electron chi connectivity index (χ2n) is 4.37. The monoisotopic (exact) mass is 256 g/mol. The van der Waals surface area contributed by atoms with Gasteiger partial charge < -0.3 is 4.57 Å². The Balaban J connectivity index is 2.28. The van der Waals surface area contributed by atoms with Gasteiger partial charge in [0.2, 0.25) is 0 Å². The molecule has 0 atom stereocenters. The van der Waals surface area contributed by atoms with E-state index in [9.17, 15) is 8.63 Å². The summed E-state index contributed by atoms with van der Waals surface area (Å²) in [6.07, 6.45) is 0. The number of rotatable bonds is 2. The molecule has 3 rings (SSSR count). The Morgan fingerprint density at radius 1 is 1.00 bits per heavy atom. The molecule has 0 amide bonds. The van der Waals surface area contributed by atoms with E-state index in [1.54, 1.807) is 18.2 Å². The Hall–Kier alpha value is -2.17. The van der Waals surface area contributed by atoms with E-state index < -0.39 is 7.27 Å². The first-order valence-corrected chi connectivity index (χ1v) is 5.97. The second kappa shape index (κ2) is 4.50. The molecule has 0 N–H and O–H groups in total. The number of fused-ring (bicyclic) bond motifs is 1. The lowest BCUT2D eigenvalue weighted by atomic mass is 9.82. The normalized spacial score (nSPS) is 10.9. The van der Waals surface area contributed by atoms with Crippen LogP contribution in [-0.2, 0) is 7.05 Å². The minimum atomic E-state index is -2.50. The Bertz CT molecular complexity index is 737. The quantitative estimate of drug-likeness (QED) is 0.644. The third kappa shape index (κ3) is 1.91. The Labute approximate surface area is 109 Å². The zero-order valence-electron chi connectivity index (χ0n) is 10.3. The van der Waals surface area contributed by atoms with Crippen molar-refractivity contribution in [2.24, 2.45) is 7.05 Å². The maximum absolute atomic E-state index is 13.1. The first-order valence-electron chi connectivity index (χ1n) is 5.97. The van der Waals surface area contributed by atoms with Crippen LogP contribution in [0.1, 0.15) is 0 Å². The molecule has 0 radical (unpaired) electrons. The fourth-order valence-corrected chi connectivity index (χ4v) is 2.28. The molecule has 0 aliphatic carbocycles. The van der Waals surface area contributed by atoms with Crippen molar-refractivity contribution in [2.75, 3.05) is 0 Å². The largest absolute Gasteiger partial charge is 0.572 e. The molecule has 5 heteroatoms. The van der Waals surface area contributed by atoms with Gasteiger partial charge in [0.1, 0.15) is 5.82 Å². The van der Waals surface area contributed by atoms with Crippen LogP contribution in [0.2, 0.25) is 0 Å². The minimum absolute atomic E-state index is 0.0147. The van der Waals surface area contributed by atoms with Crippen LogP contribution in [0.4, 0.5) is 8.63 Å². The van der Waals surface area contributed by atoms with Gasteiger partial charge in [-0.25, -0.2) is 4.98 Å². The summed E-state index contributed by atoms with van der Waals surface area (Å²) in [5, 5.41) is 0. The van der Waals surface area contributed by atoms with E-state index in [1.165, 1.54) is 6.07 Å². The number of nitrogens with zero attached hydrogens (tertiary/aromatic N) is 2. The zero-order valence-corrected chi connectivity index (χ0v) is 10.3. The number of benzene rings is 2. The number of para-hydroxylation sites is 2. The summed E-state index contributed by atoms with van der Waals surface area (Å²) in [5.74, 6) is 0.567. The molecule has 0 aliphatic heterocycles. The summed E-state index contributed by atoms with van der Waals surface area (Å²) in [4.78, 5) is 4.46. The van der Waals surface area contributed by atoms with Crippen LogP contribution in [0.25, 0.3) is 22.4 Å². The molecule has 1 aromatic heterocycles. The van der Waals surface area contributed by atoms with Crippen LogP contribution in [0, 0.1) is 0 Å². The highest BCUT2D eigenvalue weighted by Crippen LogP contribution is 2.22. The molecule has 94 valence electrons. The number of aromatic nitrogens is 2. The smallest absolute Gasteiger partial charge is 0.327 e. The van der Waals surface area contributed by atoms with Gasteiger partial charge in [-0.1, -0.05) is 36.4 Å². The number of hydrogen-bond acceptors (Lipinski definition) is 1. The van der Waals surface area contributed by atoms with Crippen molar-refractivity contribution < 1.29 is 8.63 Å². The van der Waals surface area contributed by atoms with Crippen molar-refractivity contribution in [1.29, 1.82) is 0 Å². The van der Waals surface area contributed by atoms with Gasteiger partial charge in [0.05, 0.1) is 11.0 Å². The van der Waals surface area contributed by atoms with Gasteiger partial charge in [-0.3, -0.25) is 8.63 Å². The summed E-state index contributed by atoms with van der Waals surface area (Å²) < 4.78 is 28.0. The fourth-order valence-electron chi connectivity index (χ4n) is 2.28. The lowest BCUT2D eigenvalue weighted by Gasteiger charge is -2.07. The number of halogens is 2. The Morgan fingerprint density at radius 2 is 1.68 bits per heavy atom. The number of hydrogen-bond donors (Lipinski definition) is 0. The highest BCUT2D eigenvalue weighted by atomic mass is 19.2. The number of aryl methyl sites for hydroxylation is 1. The van der Waals surface area contributed by atoms with Gasteiger partial charge in [0.25, 0.3) is 0 Å². The van der Waals surface area contributed by atoms with Gasteiger partial charge in [-0.2, -0.15) is 0 Å². The highest BCUT2D eigenvalue weighted by Gasteiger charge is 2.23. The van der Waals surface area contributed by atoms with Crippen molar-refractivity contribution in [3.63, 3.8) is 0 Å². The van der Waals surface area contributed by atoms with Crippen molar-refractivity contribution in [3.8, 4) is 11.4 Å². The van der Waals surface area contributed by atoms with Gasteiger partial charge in [0, 0.05) is 18.1 Å². The third-order valence-corrected chi connectivity index (χ3v) is 3.22. The molecule has 2 nitrogen and oxygen atoms in total. The van der Waals surface area contributed by atoms with E-state index in [1.807, 2.05) is 35.9 Å². The zero-order chi connectivity index (χ0) is 13.4. The van der Waals surface area contributed by atoms with E-state index in [-0.39, 0.29) is 5.46 Å². The lowest BCUT2D eigenvalue weighted by Crippen LogP contribution is -2.23. The summed E-state index contributed by atoms with van der Waals surface area (Å²) >= 11 is 0. The maximum Gasteiger partial charge on any atom is 0.572 e. The lowest BCUT2D eigenvalue weighted by molar-refractivity contribution is 0.685. The summed E-state index contributed by atoms with van der Waals surface area (Å²) in [6.45, 7) is 0. The summed E-state index contributed by atoms with van der Waals surface area (Å²) in [7, 11) is -0.663. The van der Waals surface area contributed by atoms with E-state index in [0.717, 1.165) is 11.0 Å².